The summed E-state index contributed by atoms with van der Waals surface area (Å²) in [7, 11) is 0. The molecular formula is C22H30ClNO. The van der Waals surface area contributed by atoms with Crippen LogP contribution < -0.4 is 0 Å². The van der Waals surface area contributed by atoms with Gasteiger partial charge in [0.2, 0.25) is 0 Å². The second-order valence-corrected chi connectivity index (χ2v) is 9.29. The molecule has 2 unspecified atom stereocenters. The van der Waals surface area contributed by atoms with Gasteiger partial charge in [0, 0.05) is 5.41 Å². The molecule has 6 rings (SSSR count). The van der Waals surface area contributed by atoms with Gasteiger partial charge in [0.1, 0.15) is 0 Å². The van der Waals surface area contributed by atoms with Gasteiger partial charge in [-0.1, -0.05) is 30.3 Å². The van der Waals surface area contributed by atoms with Gasteiger partial charge in [-0.15, -0.1) is 12.4 Å². The van der Waals surface area contributed by atoms with Crippen molar-refractivity contribution in [2.75, 3.05) is 19.6 Å². The zero-order chi connectivity index (χ0) is 16.2. The maximum atomic E-state index is 13.4. The second kappa shape index (κ2) is 6.39. The van der Waals surface area contributed by atoms with E-state index >= 15 is 0 Å². The van der Waals surface area contributed by atoms with Crippen molar-refractivity contribution in [2.45, 2.75) is 56.8 Å². The molecule has 0 amide bonds. The Morgan fingerprint density at radius 1 is 1.00 bits per heavy atom. The van der Waals surface area contributed by atoms with E-state index in [0.29, 0.717) is 11.2 Å². The summed E-state index contributed by atoms with van der Waals surface area (Å²) in [6.45, 7) is 3.00. The van der Waals surface area contributed by atoms with Gasteiger partial charge in [-0.2, -0.15) is 0 Å². The molecule has 4 aliphatic carbocycles. The number of benzene rings is 1. The zero-order valence-electron chi connectivity index (χ0n) is 15.1. The maximum absolute atomic E-state index is 13.4. The fraction of sp³-hybridized carbons (Fsp3) is 0.682. The fourth-order valence-corrected chi connectivity index (χ4v) is 7.03. The minimum Gasteiger partial charge on any atom is -0.298 e. The van der Waals surface area contributed by atoms with Crippen LogP contribution in [0.15, 0.2) is 30.3 Å². The highest BCUT2D eigenvalue weighted by molar-refractivity contribution is 5.87. The van der Waals surface area contributed by atoms with Crippen LogP contribution in [-0.2, 0) is 10.2 Å². The molecule has 136 valence electrons. The standard InChI is InChI=1S/C22H29NO.ClH/c24-20(15-23-8-4-5-9-23)22-13-17-10-18(14-22)12-21(11-17,16-22)19-6-2-1-3-7-19;/h1-3,6-7,17-18H,4-5,8-16H2;1H. The first-order valence-electron chi connectivity index (χ1n) is 9.99. The van der Waals surface area contributed by atoms with Gasteiger partial charge < -0.3 is 0 Å². The molecule has 0 aromatic heterocycles. The van der Waals surface area contributed by atoms with Gasteiger partial charge in [-0.3, -0.25) is 9.69 Å². The van der Waals surface area contributed by atoms with E-state index in [1.807, 2.05) is 0 Å². The number of halogens is 1. The number of likely N-dealkylation sites (tertiary alicyclic amines) is 1. The van der Waals surface area contributed by atoms with Crippen molar-refractivity contribution >= 4 is 18.2 Å². The molecule has 4 bridgehead atoms. The number of ketones is 1. The van der Waals surface area contributed by atoms with Crippen LogP contribution >= 0.6 is 12.4 Å². The SMILES string of the molecule is Cl.O=C(CN1CCCC1)C12CC3CC(C1)CC(c1ccccc1)(C3)C2. The van der Waals surface area contributed by atoms with E-state index < -0.39 is 0 Å². The lowest BCUT2D eigenvalue weighted by atomic mass is 9.42. The summed E-state index contributed by atoms with van der Waals surface area (Å²) in [5, 5.41) is 0. The molecule has 2 atom stereocenters. The molecule has 1 aromatic rings. The molecule has 0 radical (unpaired) electrons. The first kappa shape index (κ1) is 17.5. The molecule has 1 heterocycles. The van der Waals surface area contributed by atoms with Crippen LogP contribution in [0.4, 0.5) is 0 Å². The Morgan fingerprint density at radius 2 is 1.64 bits per heavy atom. The molecule has 0 spiro atoms. The molecule has 1 aliphatic heterocycles. The van der Waals surface area contributed by atoms with Crippen molar-refractivity contribution in [2.24, 2.45) is 17.3 Å². The average Bonchev–Trinajstić information content (AvgIpc) is 3.07. The average molecular weight is 360 g/mol. The number of rotatable bonds is 4. The van der Waals surface area contributed by atoms with Crippen molar-refractivity contribution in [3.63, 3.8) is 0 Å². The van der Waals surface area contributed by atoms with Gasteiger partial charge >= 0.3 is 0 Å². The van der Waals surface area contributed by atoms with Crippen molar-refractivity contribution < 1.29 is 4.79 Å². The lowest BCUT2D eigenvalue weighted by molar-refractivity contribution is -0.147. The summed E-state index contributed by atoms with van der Waals surface area (Å²) in [5.74, 6) is 2.15. The highest BCUT2D eigenvalue weighted by Crippen LogP contribution is 2.66. The molecule has 0 N–H and O–H groups in total. The quantitative estimate of drug-likeness (QED) is 0.782. The van der Waals surface area contributed by atoms with Crippen LogP contribution in [0.3, 0.4) is 0 Å². The van der Waals surface area contributed by atoms with Gasteiger partial charge in [0.25, 0.3) is 0 Å². The predicted octanol–water partition coefficient (Wildman–Crippen LogP) is 4.61. The van der Waals surface area contributed by atoms with Gasteiger partial charge in [-0.25, -0.2) is 0 Å². The van der Waals surface area contributed by atoms with E-state index in [-0.39, 0.29) is 17.8 Å². The minimum atomic E-state index is 0. The highest BCUT2D eigenvalue weighted by Gasteiger charge is 2.60. The second-order valence-electron chi connectivity index (χ2n) is 9.29. The fourth-order valence-electron chi connectivity index (χ4n) is 7.03. The number of nitrogens with zero attached hydrogens (tertiary/aromatic N) is 1. The Bertz CT molecular complexity index is 623. The predicted molar refractivity (Wildman–Crippen MR) is 103 cm³/mol. The Kier molecular flexibility index (Phi) is 4.48. The summed E-state index contributed by atoms with van der Waals surface area (Å²) < 4.78 is 0. The molecule has 2 nitrogen and oxygen atoms in total. The molecule has 5 fully saturated rings. The largest absolute Gasteiger partial charge is 0.298 e. The zero-order valence-corrected chi connectivity index (χ0v) is 15.9. The topological polar surface area (TPSA) is 20.3 Å². The number of Topliss-reactive ketones (excluding diaryl/α,β-unsaturated/α-hetero) is 1. The van der Waals surface area contributed by atoms with Crippen LogP contribution in [0.2, 0.25) is 0 Å². The van der Waals surface area contributed by atoms with Crippen molar-refractivity contribution in [3.8, 4) is 0 Å². The van der Waals surface area contributed by atoms with E-state index in [9.17, 15) is 4.79 Å². The molecule has 1 aromatic carbocycles. The third-order valence-corrected chi connectivity index (χ3v) is 7.60. The monoisotopic (exact) mass is 359 g/mol. The van der Waals surface area contributed by atoms with Crippen LogP contribution in [0.5, 0.6) is 0 Å². The Hall–Kier alpha value is -0.860. The first-order chi connectivity index (χ1) is 11.7. The van der Waals surface area contributed by atoms with Crippen LogP contribution in [0, 0.1) is 17.3 Å². The van der Waals surface area contributed by atoms with Gasteiger partial charge in [0.15, 0.2) is 5.78 Å². The number of hydrogen-bond acceptors (Lipinski definition) is 2. The number of hydrogen-bond donors (Lipinski definition) is 0. The van der Waals surface area contributed by atoms with E-state index in [0.717, 1.165) is 37.9 Å². The van der Waals surface area contributed by atoms with E-state index in [1.165, 1.54) is 50.5 Å². The number of carbonyl (C=O) groups is 1. The Labute approximate surface area is 157 Å². The lowest BCUT2D eigenvalue weighted by Crippen LogP contribution is -2.58. The molecular weight excluding hydrogens is 330 g/mol. The minimum absolute atomic E-state index is 0. The highest BCUT2D eigenvalue weighted by atomic mass is 35.5. The molecule has 4 saturated carbocycles. The summed E-state index contributed by atoms with van der Waals surface area (Å²) >= 11 is 0. The van der Waals surface area contributed by atoms with Crippen molar-refractivity contribution in [1.82, 2.24) is 4.90 Å². The Balaban J connectivity index is 0.00000157. The Morgan fingerprint density at radius 3 is 2.28 bits per heavy atom. The summed E-state index contributed by atoms with van der Waals surface area (Å²) in [4.78, 5) is 15.8. The van der Waals surface area contributed by atoms with Crippen LogP contribution in [0.1, 0.15) is 56.9 Å². The van der Waals surface area contributed by atoms with Crippen molar-refractivity contribution in [1.29, 1.82) is 0 Å². The van der Waals surface area contributed by atoms with E-state index in [1.54, 1.807) is 0 Å². The summed E-state index contributed by atoms with van der Waals surface area (Å²) in [5.41, 5.74) is 1.81. The molecule has 1 saturated heterocycles. The smallest absolute Gasteiger partial charge is 0.153 e. The van der Waals surface area contributed by atoms with E-state index in [2.05, 4.69) is 35.2 Å². The lowest BCUT2D eigenvalue weighted by Gasteiger charge is -2.62. The van der Waals surface area contributed by atoms with Crippen molar-refractivity contribution in [3.05, 3.63) is 35.9 Å². The van der Waals surface area contributed by atoms with Gasteiger partial charge in [-0.05, 0) is 87.3 Å². The summed E-state index contributed by atoms with van der Waals surface area (Å²) in [6.07, 6.45) is 10.1. The van der Waals surface area contributed by atoms with Crippen LogP contribution in [0.25, 0.3) is 0 Å². The third-order valence-electron chi connectivity index (χ3n) is 7.60. The summed E-state index contributed by atoms with van der Waals surface area (Å²) in [6, 6.07) is 11.1. The normalized spacial score (nSPS) is 39.4. The van der Waals surface area contributed by atoms with E-state index in [4.69, 9.17) is 0 Å². The third kappa shape index (κ3) is 2.86. The number of carbonyl (C=O) groups excluding carboxylic acids is 1. The first-order valence-corrected chi connectivity index (χ1v) is 9.99. The van der Waals surface area contributed by atoms with Crippen LogP contribution in [-0.4, -0.2) is 30.3 Å². The van der Waals surface area contributed by atoms with Gasteiger partial charge in [0.05, 0.1) is 6.54 Å². The molecule has 5 aliphatic rings. The maximum Gasteiger partial charge on any atom is 0.153 e. The molecule has 25 heavy (non-hydrogen) atoms. The molecule has 3 heteroatoms.